The molecular formula is C37H26. The second-order valence-corrected chi connectivity index (χ2v) is 8.00. The highest BCUT2D eigenvalue weighted by atomic mass is 14.2. The maximum absolute atomic E-state index is 9.60. The molecule has 0 unspecified atom stereocenters. The Kier molecular flexibility index (Phi) is 2.00. The Morgan fingerprint density at radius 3 is 1.41 bits per heavy atom. The van der Waals surface area contributed by atoms with E-state index in [1.165, 1.54) is 6.92 Å². The summed E-state index contributed by atoms with van der Waals surface area (Å²) in [4.78, 5) is 0. The summed E-state index contributed by atoms with van der Waals surface area (Å²) in [5, 5.41) is -3.81. The molecular weight excluding hydrogens is 444 g/mol. The van der Waals surface area contributed by atoms with Crippen molar-refractivity contribution in [2.75, 3.05) is 0 Å². The van der Waals surface area contributed by atoms with E-state index < -0.39 is 205 Å². The summed E-state index contributed by atoms with van der Waals surface area (Å²) >= 11 is 0. The molecule has 0 nitrogen and oxygen atoms in total. The van der Waals surface area contributed by atoms with Gasteiger partial charge in [-0.15, -0.1) is 0 Å². The van der Waals surface area contributed by atoms with Crippen LogP contribution in [0.15, 0.2) is 139 Å². The van der Waals surface area contributed by atoms with Gasteiger partial charge in [0.2, 0.25) is 0 Å². The third-order valence-corrected chi connectivity index (χ3v) is 6.00. The van der Waals surface area contributed by atoms with E-state index in [2.05, 4.69) is 0 Å². The van der Waals surface area contributed by atoms with Gasteiger partial charge in [-0.2, -0.15) is 0 Å². The zero-order valence-corrected chi connectivity index (χ0v) is 19.0. The van der Waals surface area contributed by atoms with Gasteiger partial charge in [0.15, 0.2) is 0 Å². The lowest BCUT2D eigenvalue weighted by molar-refractivity contribution is 1.47. The van der Waals surface area contributed by atoms with Crippen molar-refractivity contribution >= 4 is 32.3 Å². The van der Waals surface area contributed by atoms with Crippen LogP contribution < -0.4 is 0 Å². The lowest BCUT2D eigenvalue weighted by Gasteiger charge is -2.20. The van der Waals surface area contributed by atoms with Gasteiger partial charge in [-0.25, -0.2) is 0 Å². The zero-order valence-electron chi connectivity index (χ0n) is 42.0. The van der Waals surface area contributed by atoms with Crippen LogP contribution in [0, 0.1) is 6.92 Å². The van der Waals surface area contributed by atoms with Crippen molar-refractivity contribution in [3.05, 3.63) is 145 Å². The summed E-state index contributed by atoms with van der Waals surface area (Å²) in [7, 11) is 0. The SMILES string of the molecule is [2H]c1c([2H])c([2H])c(-c2c3c([2H])c([2H])c([2H])c([2H])c3c(-c3c([2H])c([2H])c(-c4c([2H])c([2H])c([2H])c([2H])c4C)c4c([2H])c([2H])c([2H])c([2H])c34)c3c([2H])c([2H])c([2H])c([2H])c23)c([2H])c1[2H]. The van der Waals surface area contributed by atoms with Gasteiger partial charge in [-0.05, 0) is 78.2 Å². The first-order valence-electron chi connectivity index (χ1n) is 22.5. The van der Waals surface area contributed by atoms with Gasteiger partial charge in [0.05, 0.1) is 31.5 Å². The molecule has 0 N–H and O–H groups in total. The van der Waals surface area contributed by atoms with Crippen LogP contribution in [0.1, 0.15) is 37.1 Å². The molecule has 0 fully saturated rings. The summed E-state index contributed by atoms with van der Waals surface area (Å²) in [6, 6.07) is -19.9. The fourth-order valence-corrected chi connectivity index (χ4v) is 4.44. The van der Waals surface area contributed by atoms with E-state index in [9.17, 15) is 9.60 Å². The van der Waals surface area contributed by atoms with Gasteiger partial charge in [0, 0.05) is 0 Å². The number of rotatable bonds is 3. The summed E-state index contributed by atoms with van der Waals surface area (Å²) < 4.78 is 203. The summed E-state index contributed by atoms with van der Waals surface area (Å²) in [6.45, 7) is 1.28. The van der Waals surface area contributed by atoms with Crippen LogP contribution in [0.4, 0.5) is 0 Å². The second-order valence-electron chi connectivity index (χ2n) is 8.00. The van der Waals surface area contributed by atoms with Crippen molar-refractivity contribution in [2.24, 2.45) is 0 Å². The monoisotopic (exact) mass is 493 g/mol. The molecule has 0 spiro atoms. The molecule has 0 amide bonds. The Balaban J connectivity index is 1.95. The van der Waals surface area contributed by atoms with Crippen molar-refractivity contribution in [1.29, 1.82) is 0 Å². The lowest BCUT2D eigenvalue weighted by atomic mass is 9.83. The minimum absolute atomic E-state index is 0.155. The van der Waals surface area contributed by atoms with E-state index in [1.54, 1.807) is 0 Å². The first kappa shape index (κ1) is 8.43. The van der Waals surface area contributed by atoms with E-state index in [1.807, 2.05) is 0 Å². The van der Waals surface area contributed by atoms with Crippen molar-refractivity contribution in [2.45, 2.75) is 6.92 Å². The highest BCUT2D eigenvalue weighted by molar-refractivity contribution is 6.24. The Morgan fingerprint density at radius 2 is 0.784 bits per heavy atom. The average molecular weight is 494 g/mol. The quantitative estimate of drug-likeness (QED) is 0.215. The van der Waals surface area contributed by atoms with Crippen LogP contribution in [0.5, 0.6) is 0 Å². The number of benzene rings is 7. The fraction of sp³-hybridized carbons (Fsp3) is 0.0270. The van der Waals surface area contributed by atoms with E-state index >= 15 is 0 Å². The molecule has 0 aliphatic rings. The molecule has 0 heteroatoms. The second kappa shape index (κ2) is 8.76. The Hall–Kier alpha value is -4.68. The predicted molar refractivity (Wildman–Crippen MR) is 160 cm³/mol. The average Bonchev–Trinajstić information content (AvgIpc) is 3.22. The van der Waals surface area contributed by atoms with Gasteiger partial charge in [0.25, 0.3) is 0 Å². The molecule has 174 valence electrons. The zero-order chi connectivity index (χ0) is 44.8. The molecule has 0 saturated heterocycles. The molecule has 7 rings (SSSR count). The molecule has 0 aliphatic heterocycles. The van der Waals surface area contributed by atoms with Gasteiger partial charge in [-0.3, -0.25) is 0 Å². The third-order valence-electron chi connectivity index (χ3n) is 6.00. The van der Waals surface area contributed by atoms with Crippen LogP contribution in [0.25, 0.3) is 65.7 Å². The first-order valence-corrected chi connectivity index (χ1v) is 11.0. The van der Waals surface area contributed by atoms with Crippen molar-refractivity contribution < 1.29 is 31.5 Å². The first-order chi connectivity index (χ1) is 27.9. The third kappa shape index (κ3) is 3.45. The Labute approximate surface area is 249 Å². The summed E-state index contributed by atoms with van der Waals surface area (Å²) in [5.74, 6) is 0. The summed E-state index contributed by atoms with van der Waals surface area (Å²) in [5.41, 5.74) is -3.75. The number of hydrogen-bond acceptors (Lipinski definition) is 0. The van der Waals surface area contributed by atoms with Gasteiger partial charge < -0.3 is 0 Å². The number of fused-ring (bicyclic) bond motifs is 3. The minimum Gasteiger partial charge on any atom is -0.0622 e. The highest BCUT2D eigenvalue weighted by Crippen LogP contribution is 2.46. The molecule has 7 aromatic carbocycles. The van der Waals surface area contributed by atoms with E-state index in [0.29, 0.717) is 0 Å². The van der Waals surface area contributed by atoms with Gasteiger partial charge >= 0.3 is 0 Å². The molecule has 0 heterocycles. The van der Waals surface area contributed by atoms with E-state index in [0.717, 1.165) is 0 Å². The van der Waals surface area contributed by atoms with Crippen LogP contribution in [0.3, 0.4) is 0 Å². The van der Waals surface area contributed by atoms with Crippen molar-refractivity contribution in [3.8, 4) is 33.4 Å². The van der Waals surface area contributed by atoms with E-state index in [-0.39, 0.29) is 5.56 Å². The normalized spacial score (nSPS) is 20.1. The maximum atomic E-state index is 9.60. The molecule has 0 bridgehead atoms. The molecule has 0 aromatic heterocycles. The predicted octanol–water partition coefficient (Wildman–Crippen LogP) is 10.5. The summed E-state index contributed by atoms with van der Waals surface area (Å²) in [6.07, 6.45) is 0. The van der Waals surface area contributed by atoms with Crippen LogP contribution in [-0.4, -0.2) is 0 Å². The van der Waals surface area contributed by atoms with Crippen LogP contribution in [-0.2, 0) is 0 Å². The van der Waals surface area contributed by atoms with Crippen molar-refractivity contribution in [3.63, 3.8) is 0 Å². The lowest BCUT2D eigenvalue weighted by Crippen LogP contribution is -1.92. The molecule has 0 saturated carbocycles. The van der Waals surface area contributed by atoms with Crippen LogP contribution >= 0.6 is 0 Å². The Morgan fingerprint density at radius 1 is 0.351 bits per heavy atom. The molecule has 7 aromatic rings. The number of hydrogen-bond donors (Lipinski definition) is 0. The highest BCUT2D eigenvalue weighted by Gasteiger charge is 2.18. The fourth-order valence-electron chi connectivity index (χ4n) is 4.44. The minimum atomic E-state index is -0.952. The largest absolute Gasteiger partial charge is 0.0630 e. The molecule has 0 atom stereocenters. The molecule has 0 aliphatic carbocycles. The van der Waals surface area contributed by atoms with Crippen LogP contribution in [0.2, 0.25) is 0 Å². The maximum Gasteiger partial charge on any atom is 0.0630 e. The molecule has 37 heavy (non-hydrogen) atoms. The van der Waals surface area contributed by atoms with E-state index in [4.69, 9.17) is 21.9 Å². The van der Waals surface area contributed by atoms with Gasteiger partial charge in [0.1, 0.15) is 0 Å². The van der Waals surface area contributed by atoms with Gasteiger partial charge in [-0.1, -0.05) is 139 Å². The smallest absolute Gasteiger partial charge is 0.0622 e. The molecule has 0 radical (unpaired) electrons. The van der Waals surface area contributed by atoms with Crippen molar-refractivity contribution in [1.82, 2.24) is 0 Å². The topological polar surface area (TPSA) is 0 Å². The Bertz CT molecular complexity index is 3050. The standard InChI is InChI=1S/C37H26/c1-25-13-5-6-16-27(25)30-23-24-35(29-18-8-7-17-28(29)30)37-33-21-11-9-19-31(33)36(26-14-3-2-4-15-26)32-20-10-12-22-34(32)37/h2-24H,1H3/i2D,3D,4D,5D,6D,7D,8D,9D,10D,11D,12D,13D,14D,15D,16D,17D,18D,19D,20D,21D,22D,23D,24D.